The molecule has 0 radical (unpaired) electrons. The second-order valence-corrected chi connectivity index (χ2v) is 7.73. The SMILES string of the molecule is Cn1c2c(c(=O)n(C)c1=O)[C@H](c1ccc([N+](=O)[O-])cc1)C[C@](C)(c1ccccc1)O2. The Morgan fingerprint density at radius 1 is 1.03 bits per heavy atom. The van der Waals surface area contributed by atoms with E-state index >= 15 is 0 Å². The molecule has 30 heavy (non-hydrogen) atoms. The number of rotatable bonds is 3. The fourth-order valence-corrected chi connectivity index (χ4v) is 4.10. The molecule has 0 saturated heterocycles. The van der Waals surface area contributed by atoms with Gasteiger partial charge in [0.15, 0.2) is 0 Å². The lowest BCUT2D eigenvalue weighted by Gasteiger charge is -2.40. The summed E-state index contributed by atoms with van der Waals surface area (Å²) >= 11 is 0. The van der Waals surface area contributed by atoms with Crippen molar-refractivity contribution in [1.82, 2.24) is 9.13 Å². The first-order chi connectivity index (χ1) is 14.2. The van der Waals surface area contributed by atoms with Gasteiger partial charge in [0.05, 0.1) is 10.5 Å². The van der Waals surface area contributed by atoms with Gasteiger partial charge in [-0.05, 0) is 18.1 Å². The van der Waals surface area contributed by atoms with E-state index in [-0.39, 0.29) is 11.6 Å². The number of hydrogen-bond acceptors (Lipinski definition) is 5. The molecule has 8 heteroatoms. The second kappa shape index (κ2) is 6.98. The molecule has 1 aliphatic rings. The Hall–Kier alpha value is -3.68. The van der Waals surface area contributed by atoms with Crippen LogP contribution in [0.1, 0.15) is 36.0 Å². The van der Waals surface area contributed by atoms with Gasteiger partial charge in [-0.3, -0.25) is 24.0 Å². The molecular weight excluding hydrogens is 386 g/mol. The molecule has 0 unspecified atom stereocenters. The molecule has 1 aromatic heterocycles. The first-order valence-corrected chi connectivity index (χ1v) is 9.52. The average molecular weight is 407 g/mol. The van der Waals surface area contributed by atoms with Gasteiger partial charge in [0, 0.05) is 38.6 Å². The fraction of sp³-hybridized carbons (Fsp3) is 0.273. The molecule has 0 spiro atoms. The monoisotopic (exact) mass is 407 g/mol. The van der Waals surface area contributed by atoms with Crippen LogP contribution in [0.5, 0.6) is 5.88 Å². The molecule has 0 fully saturated rings. The summed E-state index contributed by atoms with van der Waals surface area (Å²) in [6.45, 7) is 1.92. The van der Waals surface area contributed by atoms with Crippen molar-refractivity contribution in [2.24, 2.45) is 14.1 Å². The summed E-state index contributed by atoms with van der Waals surface area (Å²) in [7, 11) is 3.01. The van der Waals surface area contributed by atoms with E-state index in [0.717, 1.165) is 15.7 Å². The lowest BCUT2D eigenvalue weighted by molar-refractivity contribution is -0.384. The molecule has 0 saturated carbocycles. The Bertz CT molecular complexity index is 1240. The van der Waals surface area contributed by atoms with Gasteiger partial charge in [0.1, 0.15) is 5.60 Å². The van der Waals surface area contributed by atoms with Gasteiger partial charge >= 0.3 is 5.69 Å². The molecule has 8 nitrogen and oxygen atoms in total. The van der Waals surface area contributed by atoms with Crippen LogP contribution in [0, 0.1) is 10.1 Å². The number of hydrogen-bond donors (Lipinski definition) is 0. The van der Waals surface area contributed by atoms with Crippen LogP contribution in [-0.2, 0) is 19.7 Å². The predicted octanol–water partition coefficient (Wildman–Crippen LogP) is 2.82. The number of non-ortho nitro benzene ring substituents is 1. The number of nitro groups is 1. The minimum atomic E-state index is -0.794. The molecule has 1 aliphatic heterocycles. The van der Waals surface area contributed by atoms with Crippen molar-refractivity contribution < 1.29 is 9.66 Å². The van der Waals surface area contributed by atoms with Gasteiger partial charge in [0.2, 0.25) is 5.88 Å². The van der Waals surface area contributed by atoms with E-state index in [1.165, 1.54) is 23.7 Å². The Morgan fingerprint density at radius 2 is 1.67 bits per heavy atom. The Balaban J connectivity index is 1.96. The van der Waals surface area contributed by atoms with Crippen molar-refractivity contribution in [3.8, 4) is 5.88 Å². The number of fused-ring (bicyclic) bond motifs is 1. The zero-order chi connectivity index (χ0) is 21.6. The topological polar surface area (TPSA) is 96.4 Å². The highest BCUT2D eigenvalue weighted by Gasteiger charge is 2.42. The molecule has 0 amide bonds. The van der Waals surface area contributed by atoms with Gasteiger partial charge in [-0.1, -0.05) is 42.5 Å². The Kier molecular flexibility index (Phi) is 4.57. The molecule has 4 rings (SSSR count). The summed E-state index contributed by atoms with van der Waals surface area (Å²) in [4.78, 5) is 36.2. The summed E-state index contributed by atoms with van der Waals surface area (Å²) in [6, 6.07) is 15.8. The maximum Gasteiger partial charge on any atom is 0.333 e. The quantitative estimate of drug-likeness (QED) is 0.491. The average Bonchev–Trinajstić information content (AvgIpc) is 2.76. The van der Waals surface area contributed by atoms with E-state index in [9.17, 15) is 19.7 Å². The smallest absolute Gasteiger partial charge is 0.333 e. The molecule has 0 aliphatic carbocycles. The molecule has 3 aromatic rings. The van der Waals surface area contributed by atoms with E-state index in [1.54, 1.807) is 19.2 Å². The van der Waals surface area contributed by atoms with Crippen LogP contribution in [-0.4, -0.2) is 14.1 Å². The van der Waals surface area contributed by atoms with Gasteiger partial charge < -0.3 is 4.74 Å². The number of aromatic nitrogens is 2. The highest BCUT2D eigenvalue weighted by molar-refractivity contribution is 5.44. The Morgan fingerprint density at radius 3 is 2.27 bits per heavy atom. The first-order valence-electron chi connectivity index (χ1n) is 9.52. The van der Waals surface area contributed by atoms with E-state index in [4.69, 9.17) is 4.74 Å². The normalized spacial score (nSPS) is 20.3. The van der Waals surface area contributed by atoms with Gasteiger partial charge in [-0.15, -0.1) is 0 Å². The third kappa shape index (κ3) is 3.01. The van der Waals surface area contributed by atoms with E-state index in [0.29, 0.717) is 12.0 Å². The third-order valence-corrected chi connectivity index (χ3v) is 5.80. The van der Waals surface area contributed by atoms with Crippen molar-refractivity contribution in [1.29, 1.82) is 0 Å². The lowest BCUT2D eigenvalue weighted by atomic mass is 9.77. The van der Waals surface area contributed by atoms with E-state index in [2.05, 4.69) is 0 Å². The van der Waals surface area contributed by atoms with Crippen LogP contribution in [0.15, 0.2) is 64.2 Å². The molecule has 154 valence electrons. The van der Waals surface area contributed by atoms with Gasteiger partial charge in [0.25, 0.3) is 11.2 Å². The third-order valence-electron chi connectivity index (χ3n) is 5.80. The van der Waals surface area contributed by atoms with Crippen LogP contribution < -0.4 is 16.0 Å². The number of nitrogens with zero attached hydrogens (tertiary/aromatic N) is 3. The standard InChI is InChI=1S/C22H21N3O5/c1-22(15-7-5-4-6-8-15)13-17(14-9-11-16(12-10-14)25(28)29)18-19(26)23(2)21(27)24(3)20(18)30-22/h4-12,17H,13H2,1-3H3/t17-,22+/m0/s1. The van der Waals surface area contributed by atoms with Crippen LogP contribution in [0.4, 0.5) is 5.69 Å². The fourth-order valence-electron chi connectivity index (χ4n) is 4.10. The number of ether oxygens (including phenoxy) is 1. The van der Waals surface area contributed by atoms with E-state index < -0.39 is 27.7 Å². The number of nitro benzene ring substituents is 1. The largest absolute Gasteiger partial charge is 0.467 e. The first kappa shape index (κ1) is 19.6. The van der Waals surface area contributed by atoms with Crippen LogP contribution in [0.2, 0.25) is 0 Å². The molecule has 2 heterocycles. The maximum atomic E-state index is 13.1. The van der Waals surface area contributed by atoms with Crippen molar-refractivity contribution in [3.63, 3.8) is 0 Å². The molecule has 2 atom stereocenters. The van der Waals surface area contributed by atoms with E-state index in [1.807, 2.05) is 37.3 Å². The maximum absolute atomic E-state index is 13.1. The second-order valence-electron chi connectivity index (χ2n) is 7.73. The van der Waals surface area contributed by atoms with Crippen molar-refractivity contribution in [3.05, 3.63) is 102 Å². The summed E-state index contributed by atoms with van der Waals surface area (Å²) in [5.74, 6) is -0.172. The molecular formula is C22H21N3O5. The van der Waals surface area contributed by atoms with Crippen LogP contribution in [0.3, 0.4) is 0 Å². The highest BCUT2D eigenvalue weighted by Crippen LogP contribution is 2.46. The van der Waals surface area contributed by atoms with Crippen LogP contribution >= 0.6 is 0 Å². The van der Waals surface area contributed by atoms with Crippen molar-refractivity contribution >= 4 is 5.69 Å². The van der Waals surface area contributed by atoms with Crippen molar-refractivity contribution in [2.45, 2.75) is 24.9 Å². The highest BCUT2D eigenvalue weighted by atomic mass is 16.6. The summed E-state index contributed by atoms with van der Waals surface area (Å²) < 4.78 is 8.71. The predicted molar refractivity (Wildman–Crippen MR) is 111 cm³/mol. The summed E-state index contributed by atoms with van der Waals surface area (Å²) in [6.07, 6.45) is 0.440. The minimum Gasteiger partial charge on any atom is -0.467 e. The van der Waals surface area contributed by atoms with Gasteiger partial charge in [-0.2, -0.15) is 0 Å². The minimum absolute atomic E-state index is 0.0229. The summed E-state index contributed by atoms with van der Waals surface area (Å²) in [5.41, 5.74) is 0.327. The van der Waals surface area contributed by atoms with Gasteiger partial charge in [-0.25, -0.2) is 4.79 Å². The molecule has 2 aromatic carbocycles. The Labute approximate surface area is 172 Å². The molecule has 0 N–H and O–H groups in total. The zero-order valence-electron chi connectivity index (χ0n) is 16.9. The van der Waals surface area contributed by atoms with Crippen LogP contribution in [0.25, 0.3) is 0 Å². The number of benzene rings is 2. The lowest BCUT2D eigenvalue weighted by Crippen LogP contribution is -2.46. The molecule has 0 bridgehead atoms. The zero-order valence-corrected chi connectivity index (χ0v) is 16.9. The van der Waals surface area contributed by atoms with Crippen molar-refractivity contribution in [2.75, 3.05) is 0 Å². The summed E-state index contributed by atoms with van der Waals surface area (Å²) in [5, 5.41) is 11.1.